The summed E-state index contributed by atoms with van der Waals surface area (Å²) in [5.41, 5.74) is -0.353. The van der Waals surface area contributed by atoms with E-state index in [0.717, 1.165) is 25.7 Å². The molecular weight excluding hydrogens is 192 g/mol. The molecule has 0 radical (unpaired) electrons. The molecule has 0 saturated heterocycles. The van der Waals surface area contributed by atoms with Crippen molar-refractivity contribution in [3.05, 3.63) is 0 Å². The zero-order chi connectivity index (χ0) is 11.5. The van der Waals surface area contributed by atoms with Crippen molar-refractivity contribution in [2.45, 2.75) is 63.8 Å². The van der Waals surface area contributed by atoms with Gasteiger partial charge in [-0.2, -0.15) is 0 Å². The van der Waals surface area contributed by atoms with Gasteiger partial charge in [0, 0.05) is 7.11 Å². The summed E-state index contributed by atoms with van der Waals surface area (Å²) in [6, 6.07) is 0. The molecule has 0 aromatic heterocycles. The molecule has 0 amide bonds. The highest BCUT2D eigenvalue weighted by Crippen LogP contribution is 2.38. The Hall–Kier alpha value is -0.120. The highest BCUT2D eigenvalue weighted by atomic mass is 16.5. The Labute approximate surface area is 92.4 Å². The van der Waals surface area contributed by atoms with E-state index in [-0.39, 0.29) is 17.6 Å². The van der Waals surface area contributed by atoms with Crippen molar-refractivity contribution in [3.8, 4) is 0 Å². The van der Waals surface area contributed by atoms with Crippen molar-refractivity contribution < 1.29 is 14.9 Å². The summed E-state index contributed by atoms with van der Waals surface area (Å²) < 4.78 is 5.53. The van der Waals surface area contributed by atoms with E-state index in [4.69, 9.17) is 4.74 Å². The number of hydrogen-bond donors (Lipinski definition) is 2. The molecule has 1 fully saturated rings. The number of methoxy groups -OCH3 is 1. The first-order valence-corrected chi connectivity index (χ1v) is 5.93. The van der Waals surface area contributed by atoms with Crippen LogP contribution < -0.4 is 0 Å². The lowest BCUT2D eigenvalue weighted by atomic mass is 9.84. The summed E-state index contributed by atoms with van der Waals surface area (Å²) in [4.78, 5) is 0. The molecule has 0 aromatic carbocycles. The largest absolute Gasteiger partial charge is 0.393 e. The minimum absolute atomic E-state index is 0.0862. The molecule has 0 aromatic rings. The minimum atomic E-state index is -0.459. The molecule has 3 heteroatoms. The number of rotatable bonds is 5. The molecule has 1 saturated carbocycles. The SMILES string of the molecule is COC1(C(O)C(C)CC(C)O)CCCC1. The van der Waals surface area contributed by atoms with Crippen molar-refractivity contribution in [1.29, 1.82) is 0 Å². The summed E-state index contributed by atoms with van der Waals surface area (Å²) in [5.74, 6) is 0.0862. The molecule has 0 heterocycles. The first-order chi connectivity index (χ1) is 7.02. The molecule has 15 heavy (non-hydrogen) atoms. The van der Waals surface area contributed by atoms with Gasteiger partial charge in [-0.3, -0.25) is 0 Å². The van der Waals surface area contributed by atoms with Gasteiger partial charge in [0.15, 0.2) is 0 Å². The van der Waals surface area contributed by atoms with Crippen LogP contribution in [0.1, 0.15) is 46.0 Å². The van der Waals surface area contributed by atoms with Crippen LogP contribution in [0, 0.1) is 5.92 Å². The second-order valence-electron chi connectivity index (χ2n) is 4.98. The molecule has 2 N–H and O–H groups in total. The van der Waals surface area contributed by atoms with Crippen molar-refractivity contribution in [2.75, 3.05) is 7.11 Å². The van der Waals surface area contributed by atoms with Crippen molar-refractivity contribution in [2.24, 2.45) is 5.92 Å². The van der Waals surface area contributed by atoms with Crippen molar-refractivity contribution in [3.63, 3.8) is 0 Å². The summed E-state index contributed by atoms with van der Waals surface area (Å²) in [6.07, 6.45) is 3.96. The monoisotopic (exact) mass is 216 g/mol. The summed E-state index contributed by atoms with van der Waals surface area (Å²) in [5, 5.41) is 19.6. The van der Waals surface area contributed by atoms with Crippen LogP contribution in [0.15, 0.2) is 0 Å². The van der Waals surface area contributed by atoms with Gasteiger partial charge in [0.2, 0.25) is 0 Å². The van der Waals surface area contributed by atoms with Gasteiger partial charge in [-0.25, -0.2) is 0 Å². The summed E-state index contributed by atoms with van der Waals surface area (Å²) >= 11 is 0. The van der Waals surface area contributed by atoms with Crippen LogP contribution in [0.25, 0.3) is 0 Å². The van der Waals surface area contributed by atoms with E-state index in [0.29, 0.717) is 6.42 Å². The normalized spacial score (nSPS) is 26.2. The van der Waals surface area contributed by atoms with Gasteiger partial charge < -0.3 is 14.9 Å². The van der Waals surface area contributed by atoms with E-state index in [1.54, 1.807) is 14.0 Å². The number of aliphatic hydroxyl groups is 2. The third-order valence-electron chi connectivity index (χ3n) is 3.65. The smallest absolute Gasteiger partial charge is 0.0939 e. The van der Waals surface area contributed by atoms with Crippen LogP contribution in [-0.4, -0.2) is 35.1 Å². The summed E-state index contributed by atoms with van der Waals surface area (Å²) in [6.45, 7) is 3.74. The van der Waals surface area contributed by atoms with E-state index in [9.17, 15) is 10.2 Å². The average molecular weight is 216 g/mol. The van der Waals surface area contributed by atoms with Crippen LogP contribution in [0.4, 0.5) is 0 Å². The van der Waals surface area contributed by atoms with Gasteiger partial charge >= 0.3 is 0 Å². The van der Waals surface area contributed by atoms with Crippen molar-refractivity contribution in [1.82, 2.24) is 0 Å². The molecule has 1 aliphatic rings. The summed E-state index contributed by atoms with van der Waals surface area (Å²) in [7, 11) is 1.68. The Bertz CT molecular complexity index is 185. The lowest BCUT2D eigenvalue weighted by Crippen LogP contribution is -2.46. The van der Waals surface area contributed by atoms with Crippen LogP contribution in [0.3, 0.4) is 0 Å². The Morgan fingerprint density at radius 1 is 1.20 bits per heavy atom. The van der Waals surface area contributed by atoms with Gasteiger partial charge in [0.1, 0.15) is 0 Å². The van der Waals surface area contributed by atoms with E-state index >= 15 is 0 Å². The highest BCUT2D eigenvalue weighted by molar-refractivity contribution is 4.94. The topological polar surface area (TPSA) is 49.7 Å². The Balaban J connectivity index is 2.59. The number of hydrogen-bond acceptors (Lipinski definition) is 3. The fraction of sp³-hybridized carbons (Fsp3) is 1.00. The fourth-order valence-electron chi connectivity index (χ4n) is 2.78. The van der Waals surface area contributed by atoms with Crippen molar-refractivity contribution >= 4 is 0 Å². The molecule has 1 rings (SSSR count). The standard InChI is InChI=1S/C12H24O3/c1-9(8-10(2)13)11(14)12(15-3)6-4-5-7-12/h9-11,13-14H,4-8H2,1-3H3. The van der Waals surface area contributed by atoms with Gasteiger partial charge in [0.25, 0.3) is 0 Å². The molecule has 0 bridgehead atoms. The van der Waals surface area contributed by atoms with Crippen LogP contribution in [-0.2, 0) is 4.74 Å². The zero-order valence-corrected chi connectivity index (χ0v) is 10.1. The maximum atomic E-state index is 10.3. The van der Waals surface area contributed by atoms with E-state index in [1.165, 1.54) is 0 Å². The molecule has 1 aliphatic carbocycles. The number of aliphatic hydroxyl groups excluding tert-OH is 2. The Morgan fingerprint density at radius 2 is 1.73 bits per heavy atom. The maximum Gasteiger partial charge on any atom is 0.0939 e. The van der Waals surface area contributed by atoms with Gasteiger partial charge in [-0.1, -0.05) is 19.8 Å². The quantitative estimate of drug-likeness (QED) is 0.735. The van der Waals surface area contributed by atoms with Crippen LogP contribution >= 0.6 is 0 Å². The molecule has 90 valence electrons. The molecular formula is C12H24O3. The van der Waals surface area contributed by atoms with Gasteiger partial charge in [-0.05, 0) is 32.1 Å². The predicted octanol–water partition coefficient (Wildman–Crippen LogP) is 1.71. The van der Waals surface area contributed by atoms with E-state index in [2.05, 4.69) is 0 Å². The first kappa shape index (κ1) is 12.9. The molecule has 3 atom stereocenters. The predicted molar refractivity (Wildman–Crippen MR) is 59.7 cm³/mol. The second-order valence-corrected chi connectivity index (χ2v) is 4.98. The molecule has 3 nitrogen and oxygen atoms in total. The second kappa shape index (κ2) is 5.28. The van der Waals surface area contributed by atoms with Crippen LogP contribution in [0.2, 0.25) is 0 Å². The average Bonchev–Trinajstić information content (AvgIpc) is 2.65. The highest BCUT2D eigenvalue weighted by Gasteiger charge is 2.43. The third-order valence-corrected chi connectivity index (χ3v) is 3.65. The Morgan fingerprint density at radius 3 is 2.13 bits per heavy atom. The lowest BCUT2D eigenvalue weighted by Gasteiger charge is -2.36. The lowest BCUT2D eigenvalue weighted by molar-refractivity contribution is -0.121. The first-order valence-electron chi connectivity index (χ1n) is 5.93. The van der Waals surface area contributed by atoms with Crippen LogP contribution in [0.5, 0.6) is 0 Å². The van der Waals surface area contributed by atoms with Gasteiger partial charge in [0.05, 0.1) is 17.8 Å². The number of ether oxygens (including phenoxy) is 1. The molecule has 3 unspecified atom stereocenters. The molecule has 0 spiro atoms. The van der Waals surface area contributed by atoms with E-state index < -0.39 is 6.10 Å². The zero-order valence-electron chi connectivity index (χ0n) is 10.1. The minimum Gasteiger partial charge on any atom is -0.393 e. The van der Waals surface area contributed by atoms with Gasteiger partial charge in [-0.15, -0.1) is 0 Å². The Kier molecular flexibility index (Phi) is 4.56. The third kappa shape index (κ3) is 2.92. The maximum absolute atomic E-state index is 10.3. The fourth-order valence-corrected chi connectivity index (χ4v) is 2.78. The molecule has 0 aliphatic heterocycles. The van der Waals surface area contributed by atoms with E-state index in [1.807, 2.05) is 6.92 Å².